The number of aliphatic hydroxyl groups excluding tert-OH is 1. The minimum Gasteiger partial charge on any atom is -0.504 e. The van der Waals surface area contributed by atoms with Gasteiger partial charge in [-0.05, 0) is 69.2 Å². The molecule has 1 atom stereocenters. The number of ether oxygens (including phenoxy) is 1. The standard InChI is InChI=1S/C25H23ClN2O5S/c1-5-33-19-11-15(6-9-18(19)29)21-20(22(30)24-13(3)27-14(4)34-24)23(31)25(32)28(21)17-8-7-16(26)10-12(17)2/h6-11,21,29,31H,5H2,1-4H3. The third-order valence-electron chi connectivity index (χ3n) is 5.58. The second kappa shape index (κ2) is 9.12. The number of aryl methyl sites for hydroxylation is 3. The Labute approximate surface area is 205 Å². The summed E-state index contributed by atoms with van der Waals surface area (Å²) in [6, 6.07) is 8.69. The summed E-state index contributed by atoms with van der Waals surface area (Å²) >= 11 is 7.33. The van der Waals surface area contributed by atoms with Crippen LogP contribution in [0.15, 0.2) is 47.7 Å². The monoisotopic (exact) mass is 498 g/mol. The Kier molecular flexibility index (Phi) is 6.38. The molecule has 0 saturated carbocycles. The number of anilines is 1. The fraction of sp³-hybridized carbons (Fsp3) is 0.240. The third-order valence-corrected chi connectivity index (χ3v) is 6.89. The molecule has 1 aliphatic heterocycles. The van der Waals surface area contributed by atoms with Gasteiger partial charge in [0.1, 0.15) is 0 Å². The van der Waals surface area contributed by atoms with Crippen LogP contribution in [-0.4, -0.2) is 33.5 Å². The van der Waals surface area contributed by atoms with Crippen LogP contribution >= 0.6 is 22.9 Å². The van der Waals surface area contributed by atoms with Gasteiger partial charge in [-0.15, -0.1) is 11.3 Å². The number of hydrogen-bond donors (Lipinski definition) is 2. The predicted molar refractivity (Wildman–Crippen MR) is 131 cm³/mol. The molecule has 0 fully saturated rings. The highest BCUT2D eigenvalue weighted by Crippen LogP contribution is 2.45. The number of Topliss-reactive ketones (excluding diaryl/α,β-unsaturated/α-hetero) is 1. The van der Waals surface area contributed by atoms with E-state index in [9.17, 15) is 19.8 Å². The quantitative estimate of drug-likeness (QED) is 0.428. The molecule has 34 heavy (non-hydrogen) atoms. The van der Waals surface area contributed by atoms with Crippen LogP contribution in [0.2, 0.25) is 5.02 Å². The lowest BCUT2D eigenvalue weighted by Crippen LogP contribution is -2.31. The van der Waals surface area contributed by atoms with Crippen LogP contribution in [0, 0.1) is 20.8 Å². The molecule has 1 unspecified atom stereocenters. The Bertz CT molecular complexity index is 1350. The van der Waals surface area contributed by atoms with Crippen molar-refractivity contribution in [1.29, 1.82) is 0 Å². The normalized spacial score (nSPS) is 15.9. The first-order valence-corrected chi connectivity index (χ1v) is 11.8. The molecule has 176 valence electrons. The molecule has 2 aromatic carbocycles. The topological polar surface area (TPSA) is 100.0 Å². The number of amides is 1. The molecule has 7 nitrogen and oxygen atoms in total. The van der Waals surface area contributed by atoms with Gasteiger partial charge in [-0.3, -0.25) is 14.5 Å². The fourth-order valence-corrected chi connectivity index (χ4v) is 5.23. The Morgan fingerprint density at radius 3 is 2.53 bits per heavy atom. The highest BCUT2D eigenvalue weighted by Gasteiger charge is 2.46. The van der Waals surface area contributed by atoms with E-state index in [0.29, 0.717) is 44.0 Å². The molecule has 9 heteroatoms. The molecule has 2 N–H and O–H groups in total. The average Bonchev–Trinajstić information content (AvgIpc) is 3.25. The largest absolute Gasteiger partial charge is 0.504 e. The van der Waals surface area contributed by atoms with Gasteiger partial charge in [0.2, 0.25) is 5.78 Å². The number of halogens is 1. The number of aromatic hydroxyl groups is 1. The zero-order valence-corrected chi connectivity index (χ0v) is 20.6. The molecule has 2 heterocycles. The maximum atomic E-state index is 13.7. The van der Waals surface area contributed by atoms with Gasteiger partial charge >= 0.3 is 0 Å². The molecule has 0 saturated heterocycles. The zero-order chi connectivity index (χ0) is 24.7. The molecule has 4 rings (SSSR count). The predicted octanol–water partition coefficient (Wildman–Crippen LogP) is 5.61. The first-order valence-electron chi connectivity index (χ1n) is 10.6. The number of hydrogen-bond acceptors (Lipinski definition) is 7. The number of benzene rings is 2. The number of aliphatic hydroxyl groups is 1. The maximum Gasteiger partial charge on any atom is 0.294 e. The van der Waals surface area contributed by atoms with E-state index in [1.807, 2.05) is 0 Å². The van der Waals surface area contributed by atoms with E-state index in [-0.39, 0.29) is 17.1 Å². The van der Waals surface area contributed by atoms with Crippen LogP contribution in [0.1, 0.15) is 44.5 Å². The summed E-state index contributed by atoms with van der Waals surface area (Å²) in [6.45, 7) is 7.39. The molecule has 1 amide bonds. The Balaban J connectivity index is 1.94. The van der Waals surface area contributed by atoms with E-state index >= 15 is 0 Å². The molecule has 0 radical (unpaired) electrons. The molecule has 3 aromatic rings. The highest BCUT2D eigenvalue weighted by molar-refractivity contribution is 7.14. The van der Waals surface area contributed by atoms with Gasteiger partial charge in [0.15, 0.2) is 17.3 Å². The second-order valence-electron chi connectivity index (χ2n) is 7.91. The van der Waals surface area contributed by atoms with Crippen LogP contribution < -0.4 is 9.64 Å². The number of nitrogens with zero attached hydrogens (tertiary/aromatic N) is 2. The molecule has 1 aromatic heterocycles. The number of thiazole rings is 1. The lowest BCUT2D eigenvalue weighted by molar-refractivity contribution is -0.117. The average molecular weight is 499 g/mol. The van der Waals surface area contributed by atoms with Crippen molar-refractivity contribution >= 4 is 40.3 Å². The van der Waals surface area contributed by atoms with Crippen molar-refractivity contribution in [1.82, 2.24) is 4.98 Å². The fourth-order valence-electron chi connectivity index (χ4n) is 4.13. The van der Waals surface area contributed by atoms with E-state index in [1.54, 1.807) is 58.0 Å². The number of carbonyl (C=O) groups is 2. The van der Waals surface area contributed by atoms with Gasteiger partial charge in [-0.25, -0.2) is 4.98 Å². The molecular formula is C25H23ClN2O5S. The van der Waals surface area contributed by atoms with Crippen LogP contribution in [0.3, 0.4) is 0 Å². The summed E-state index contributed by atoms with van der Waals surface area (Å²) in [5.41, 5.74) is 2.16. The van der Waals surface area contributed by atoms with Gasteiger partial charge in [0, 0.05) is 10.7 Å². The van der Waals surface area contributed by atoms with Crippen molar-refractivity contribution < 1.29 is 24.5 Å². The number of phenols is 1. The third kappa shape index (κ3) is 4.03. The molecule has 0 aliphatic carbocycles. The molecule has 1 aliphatic rings. The molecular weight excluding hydrogens is 476 g/mol. The van der Waals surface area contributed by atoms with Crippen molar-refractivity contribution in [3.63, 3.8) is 0 Å². The van der Waals surface area contributed by atoms with Crippen LogP contribution in [0.25, 0.3) is 0 Å². The van der Waals surface area contributed by atoms with Crippen LogP contribution in [-0.2, 0) is 4.79 Å². The SMILES string of the molecule is CCOc1cc(C2C(C(=O)c3sc(C)nc3C)=C(O)C(=O)N2c2ccc(Cl)cc2C)ccc1O. The first-order chi connectivity index (χ1) is 16.1. The van der Waals surface area contributed by atoms with Crippen molar-refractivity contribution in [2.45, 2.75) is 33.7 Å². The number of ketones is 1. The van der Waals surface area contributed by atoms with Crippen LogP contribution in [0.5, 0.6) is 11.5 Å². The Hall–Kier alpha value is -3.36. The summed E-state index contributed by atoms with van der Waals surface area (Å²) < 4.78 is 5.53. The van der Waals surface area contributed by atoms with Crippen molar-refractivity contribution in [2.75, 3.05) is 11.5 Å². The minimum absolute atomic E-state index is 0.0563. The lowest BCUT2D eigenvalue weighted by Gasteiger charge is -2.28. The van der Waals surface area contributed by atoms with E-state index in [2.05, 4.69) is 4.98 Å². The molecule has 0 spiro atoms. The summed E-state index contributed by atoms with van der Waals surface area (Å²) in [7, 11) is 0. The van der Waals surface area contributed by atoms with E-state index in [4.69, 9.17) is 16.3 Å². The van der Waals surface area contributed by atoms with Gasteiger partial charge in [0.25, 0.3) is 5.91 Å². The van der Waals surface area contributed by atoms with Crippen molar-refractivity contribution in [3.05, 3.63) is 79.5 Å². The lowest BCUT2D eigenvalue weighted by atomic mass is 9.94. The summed E-state index contributed by atoms with van der Waals surface area (Å²) in [6.07, 6.45) is 0. The Morgan fingerprint density at radius 1 is 1.18 bits per heavy atom. The maximum absolute atomic E-state index is 13.7. The number of rotatable bonds is 6. The van der Waals surface area contributed by atoms with E-state index in [0.717, 1.165) is 0 Å². The molecule has 0 bridgehead atoms. The van der Waals surface area contributed by atoms with Crippen LogP contribution in [0.4, 0.5) is 5.69 Å². The van der Waals surface area contributed by atoms with Crippen molar-refractivity contribution in [2.24, 2.45) is 0 Å². The Morgan fingerprint density at radius 2 is 1.91 bits per heavy atom. The zero-order valence-electron chi connectivity index (χ0n) is 19.0. The van der Waals surface area contributed by atoms with Gasteiger partial charge < -0.3 is 14.9 Å². The summed E-state index contributed by atoms with van der Waals surface area (Å²) in [5, 5.41) is 22.4. The van der Waals surface area contributed by atoms with Gasteiger partial charge in [-0.1, -0.05) is 17.7 Å². The van der Waals surface area contributed by atoms with E-state index < -0.39 is 23.5 Å². The van der Waals surface area contributed by atoms with E-state index in [1.165, 1.54) is 22.3 Å². The summed E-state index contributed by atoms with van der Waals surface area (Å²) in [4.78, 5) is 33.1. The van der Waals surface area contributed by atoms with Gasteiger partial charge in [0.05, 0.1) is 33.8 Å². The van der Waals surface area contributed by atoms with Crippen molar-refractivity contribution in [3.8, 4) is 11.5 Å². The minimum atomic E-state index is -0.957. The second-order valence-corrected chi connectivity index (χ2v) is 9.55. The smallest absolute Gasteiger partial charge is 0.294 e. The number of carbonyl (C=O) groups excluding carboxylic acids is 2. The summed E-state index contributed by atoms with van der Waals surface area (Å²) in [5.74, 6) is -1.66. The highest BCUT2D eigenvalue weighted by atomic mass is 35.5. The number of phenolic OH excluding ortho intramolecular Hbond substituents is 1. The first kappa shape index (κ1) is 23.8. The number of aromatic nitrogens is 1. The van der Waals surface area contributed by atoms with Gasteiger partial charge in [-0.2, -0.15) is 0 Å².